The summed E-state index contributed by atoms with van der Waals surface area (Å²) in [4.78, 5) is 2.58. The lowest BCUT2D eigenvalue weighted by molar-refractivity contribution is 0.214. The fourth-order valence-electron chi connectivity index (χ4n) is 4.36. The number of hydrogen-bond acceptors (Lipinski definition) is 2. The Hall–Kier alpha value is -2.03. The van der Waals surface area contributed by atoms with E-state index in [1.54, 1.807) is 0 Å². The van der Waals surface area contributed by atoms with Gasteiger partial charge in [0.05, 0.1) is 6.61 Å². The molecule has 0 saturated carbocycles. The molecule has 0 amide bonds. The van der Waals surface area contributed by atoms with Gasteiger partial charge in [-0.2, -0.15) is 0 Å². The maximum absolute atomic E-state index is 6.22. The molecule has 2 heterocycles. The average Bonchev–Trinajstić information content (AvgIpc) is 3.05. The summed E-state index contributed by atoms with van der Waals surface area (Å²) in [5.41, 5.74) is 2.80. The van der Waals surface area contributed by atoms with Crippen molar-refractivity contribution in [3.8, 4) is 5.75 Å². The summed E-state index contributed by atoms with van der Waals surface area (Å²) < 4.78 is 6.22. The van der Waals surface area contributed by atoms with Crippen LogP contribution >= 0.6 is 12.4 Å². The van der Waals surface area contributed by atoms with Crippen LogP contribution in [-0.4, -0.2) is 24.6 Å². The Morgan fingerprint density at radius 2 is 1.68 bits per heavy atom. The number of nitrogens with zero attached hydrogens (tertiary/aromatic N) is 1. The fraction of sp³-hybridized carbons (Fsp3) is 0.273. The molecule has 0 aliphatic carbocycles. The molecular formula is C22H22ClNO. The van der Waals surface area contributed by atoms with Crippen molar-refractivity contribution in [3.63, 3.8) is 0 Å². The van der Waals surface area contributed by atoms with E-state index in [2.05, 4.69) is 71.6 Å². The third-order valence-electron chi connectivity index (χ3n) is 5.52. The van der Waals surface area contributed by atoms with E-state index < -0.39 is 0 Å². The van der Waals surface area contributed by atoms with Crippen molar-refractivity contribution >= 4 is 23.2 Å². The zero-order valence-corrected chi connectivity index (χ0v) is 14.9. The van der Waals surface area contributed by atoms with Gasteiger partial charge >= 0.3 is 0 Å². The molecule has 1 saturated heterocycles. The van der Waals surface area contributed by atoms with Gasteiger partial charge in [0.15, 0.2) is 0 Å². The van der Waals surface area contributed by atoms with Crippen LogP contribution in [0.3, 0.4) is 0 Å². The molecule has 0 radical (unpaired) electrons. The minimum Gasteiger partial charge on any atom is -0.492 e. The van der Waals surface area contributed by atoms with Crippen molar-refractivity contribution in [3.05, 3.63) is 77.9 Å². The highest BCUT2D eigenvalue weighted by molar-refractivity contribution is 5.90. The molecule has 0 spiro atoms. The lowest BCUT2D eigenvalue weighted by Crippen LogP contribution is -2.25. The molecule has 3 aromatic rings. The highest BCUT2D eigenvalue weighted by Gasteiger charge is 2.39. The number of benzene rings is 3. The quantitative estimate of drug-likeness (QED) is 0.653. The highest BCUT2D eigenvalue weighted by Crippen LogP contribution is 2.45. The standard InChI is InChI=1S/C22H21NO.ClH/c1-2-6-16(7-3-1)12-23-13-18-15-24-22-19-9-5-4-8-17(19)10-11-20(22)21(18)14-23;/h1-11,18,21H,12-15H2;1H/t18-,21+;/m1./s1. The Balaban J connectivity index is 0.00000157. The third kappa shape index (κ3) is 2.90. The lowest BCUT2D eigenvalue weighted by Gasteiger charge is -2.28. The fourth-order valence-corrected chi connectivity index (χ4v) is 4.36. The topological polar surface area (TPSA) is 12.5 Å². The molecule has 128 valence electrons. The van der Waals surface area contributed by atoms with Crippen molar-refractivity contribution in [2.75, 3.05) is 19.7 Å². The van der Waals surface area contributed by atoms with Crippen molar-refractivity contribution in [2.24, 2.45) is 5.92 Å². The summed E-state index contributed by atoms with van der Waals surface area (Å²) in [5.74, 6) is 2.33. The smallest absolute Gasteiger partial charge is 0.130 e. The summed E-state index contributed by atoms with van der Waals surface area (Å²) in [5, 5.41) is 2.53. The molecule has 0 N–H and O–H groups in total. The van der Waals surface area contributed by atoms with Gasteiger partial charge in [-0.05, 0) is 16.5 Å². The van der Waals surface area contributed by atoms with Crippen LogP contribution < -0.4 is 4.74 Å². The van der Waals surface area contributed by atoms with Crippen LogP contribution in [-0.2, 0) is 6.54 Å². The predicted octanol–water partition coefficient (Wildman–Crippen LogP) is 4.87. The minimum absolute atomic E-state index is 0. The van der Waals surface area contributed by atoms with Gasteiger partial charge in [-0.15, -0.1) is 12.4 Å². The first-order valence-electron chi connectivity index (χ1n) is 8.79. The van der Waals surface area contributed by atoms with E-state index in [4.69, 9.17) is 4.74 Å². The molecule has 2 aliphatic heterocycles. The Labute approximate surface area is 154 Å². The summed E-state index contributed by atoms with van der Waals surface area (Å²) in [6.45, 7) is 4.15. The first kappa shape index (κ1) is 16.4. The lowest BCUT2D eigenvalue weighted by atomic mass is 9.85. The maximum Gasteiger partial charge on any atom is 0.130 e. The SMILES string of the molecule is Cl.c1ccc(CN2C[C@@H]3COc4c(ccc5ccccc45)[C@H]3C2)cc1. The van der Waals surface area contributed by atoms with E-state index in [1.165, 1.54) is 21.9 Å². The molecule has 2 nitrogen and oxygen atoms in total. The second-order valence-electron chi connectivity index (χ2n) is 7.06. The summed E-state index contributed by atoms with van der Waals surface area (Å²) in [7, 11) is 0. The molecule has 0 aromatic heterocycles. The van der Waals surface area contributed by atoms with E-state index >= 15 is 0 Å². The van der Waals surface area contributed by atoms with E-state index in [0.717, 1.165) is 32.0 Å². The number of rotatable bonds is 2. The van der Waals surface area contributed by atoms with Crippen LogP contribution in [0.1, 0.15) is 17.0 Å². The Morgan fingerprint density at radius 3 is 2.56 bits per heavy atom. The summed E-state index contributed by atoms with van der Waals surface area (Å²) in [6.07, 6.45) is 0. The van der Waals surface area contributed by atoms with Gasteiger partial charge in [-0.1, -0.05) is 66.7 Å². The number of ether oxygens (including phenoxy) is 1. The molecule has 25 heavy (non-hydrogen) atoms. The van der Waals surface area contributed by atoms with Crippen LogP contribution in [0, 0.1) is 5.92 Å². The Bertz CT molecular complexity index is 880. The largest absolute Gasteiger partial charge is 0.492 e. The molecule has 3 heteroatoms. The Morgan fingerprint density at radius 1 is 0.880 bits per heavy atom. The number of fused-ring (bicyclic) bond motifs is 5. The zero-order valence-electron chi connectivity index (χ0n) is 14.1. The summed E-state index contributed by atoms with van der Waals surface area (Å²) in [6, 6.07) is 23.9. The van der Waals surface area contributed by atoms with Crippen LogP contribution in [0.5, 0.6) is 5.75 Å². The number of likely N-dealkylation sites (tertiary alicyclic amines) is 1. The van der Waals surface area contributed by atoms with E-state index in [0.29, 0.717) is 11.8 Å². The molecule has 3 aromatic carbocycles. The molecule has 0 unspecified atom stereocenters. The van der Waals surface area contributed by atoms with Crippen LogP contribution in [0.25, 0.3) is 10.8 Å². The molecular weight excluding hydrogens is 330 g/mol. The van der Waals surface area contributed by atoms with E-state index in [9.17, 15) is 0 Å². The third-order valence-corrected chi connectivity index (χ3v) is 5.52. The maximum atomic E-state index is 6.22. The van der Waals surface area contributed by atoms with Crippen molar-refractivity contribution in [2.45, 2.75) is 12.5 Å². The van der Waals surface area contributed by atoms with Crippen LogP contribution in [0.2, 0.25) is 0 Å². The molecule has 1 fully saturated rings. The van der Waals surface area contributed by atoms with Gasteiger partial charge in [-0.3, -0.25) is 4.90 Å². The van der Waals surface area contributed by atoms with Gasteiger partial charge in [0.1, 0.15) is 5.75 Å². The second-order valence-corrected chi connectivity index (χ2v) is 7.06. The van der Waals surface area contributed by atoms with Gasteiger partial charge < -0.3 is 4.74 Å². The molecule has 0 bridgehead atoms. The predicted molar refractivity (Wildman–Crippen MR) is 105 cm³/mol. The van der Waals surface area contributed by atoms with Gasteiger partial charge in [-0.25, -0.2) is 0 Å². The number of halogens is 1. The van der Waals surface area contributed by atoms with Crippen molar-refractivity contribution in [1.29, 1.82) is 0 Å². The van der Waals surface area contributed by atoms with E-state index in [1.807, 2.05) is 0 Å². The summed E-state index contributed by atoms with van der Waals surface area (Å²) >= 11 is 0. The van der Waals surface area contributed by atoms with Gasteiger partial charge in [0.2, 0.25) is 0 Å². The normalized spacial score (nSPS) is 21.9. The highest BCUT2D eigenvalue weighted by atomic mass is 35.5. The monoisotopic (exact) mass is 351 g/mol. The molecule has 2 atom stereocenters. The minimum atomic E-state index is 0. The van der Waals surface area contributed by atoms with Crippen molar-refractivity contribution < 1.29 is 4.74 Å². The van der Waals surface area contributed by atoms with E-state index in [-0.39, 0.29) is 12.4 Å². The Kier molecular flexibility index (Phi) is 4.41. The van der Waals surface area contributed by atoms with Gasteiger partial charge in [0, 0.05) is 36.9 Å². The van der Waals surface area contributed by atoms with Crippen LogP contribution in [0.4, 0.5) is 0 Å². The first-order valence-corrected chi connectivity index (χ1v) is 8.79. The molecule has 5 rings (SSSR count). The van der Waals surface area contributed by atoms with Crippen LogP contribution in [0.15, 0.2) is 66.7 Å². The average molecular weight is 352 g/mol. The van der Waals surface area contributed by atoms with Crippen molar-refractivity contribution in [1.82, 2.24) is 4.90 Å². The van der Waals surface area contributed by atoms with Gasteiger partial charge in [0.25, 0.3) is 0 Å². The second kappa shape index (κ2) is 6.70. The number of hydrogen-bond donors (Lipinski definition) is 0. The zero-order chi connectivity index (χ0) is 15.9. The first-order chi connectivity index (χ1) is 11.9. The molecule has 2 aliphatic rings.